The number of carboxylic acids is 1. The van der Waals surface area contributed by atoms with Gasteiger partial charge in [-0.15, -0.1) is 0 Å². The zero-order valence-electron chi connectivity index (χ0n) is 63.5. The molecule has 1 aromatic carbocycles. The molecular formula is C72H114N22O16. The lowest BCUT2D eigenvalue weighted by Gasteiger charge is -2.35. The third-order valence-electron chi connectivity index (χ3n) is 20.0. The Morgan fingerprint density at radius 1 is 0.591 bits per heavy atom. The molecule has 12 atom stereocenters. The first-order valence-electron chi connectivity index (χ1n) is 38.0. The van der Waals surface area contributed by atoms with Gasteiger partial charge < -0.3 is 112 Å². The Bertz CT molecular complexity index is 3550. The van der Waals surface area contributed by atoms with Gasteiger partial charge in [0, 0.05) is 62.9 Å². The molecule has 6 rings (SSSR count). The van der Waals surface area contributed by atoms with Crippen LogP contribution < -0.4 is 81.8 Å². The summed E-state index contributed by atoms with van der Waals surface area (Å²) in [6.07, 6.45) is 6.93. The minimum Gasteiger partial charge on any atom is -0.480 e. The topological polar surface area (TPSA) is 593 Å². The van der Waals surface area contributed by atoms with Crippen LogP contribution in [0.15, 0.2) is 52.8 Å². The van der Waals surface area contributed by atoms with Crippen molar-refractivity contribution in [3.05, 3.63) is 54.1 Å². The number of nitrogens with zero attached hydrogens (tertiary/aromatic N) is 6. The van der Waals surface area contributed by atoms with Gasteiger partial charge in [0.25, 0.3) is 0 Å². The van der Waals surface area contributed by atoms with Gasteiger partial charge in [0.05, 0.1) is 19.5 Å². The van der Waals surface area contributed by atoms with E-state index in [0.29, 0.717) is 56.2 Å². The van der Waals surface area contributed by atoms with E-state index in [4.69, 9.17) is 28.7 Å². The summed E-state index contributed by atoms with van der Waals surface area (Å²) in [6.45, 7) is 7.90. The summed E-state index contributed by atoms with van der Waals surface area (Å²) in [6, 6.07) is -6.32. The number of guanidine groups is 2. The van der Waals surface area contributed by atoms with Crippen LogP contribution in [0.2, 0.25) is 0 Å². The molecular weight excluding hydrogens is 1430 g/mol. The Labute approximate surface area is 639 Å². The predicted molar refractivity (Wildman–Crippen MR) is 402 cm³/mol. The average Bonchev–Trinajstić information content (AvgIpc) is 1.23. The molecule has 110 heavy (non-hydrogen) atoms. The maximum absolute atomic E-state index is 14.5. The lowest BCUT2D eigenvalue weighted by molar-refractivity contribution is -0.146. The van der Waals surface area contributed by atoms with Crippen molar-refractivity contribution < 1.29 is 77.3 Å². The van der Waals surface area contributed by atoms with Crippen LogP contribution in [-0.2, 0) is 79.0 Å². The van der Waals surface area contributed by atoms with E-state index in [0.717, 1.165) is 0 Å². The first-order chi connectivity index (χ1) is 52.4. The van der Waals surface area contributed by atoms with Gasteiger partial charge in [-0.1, -0.05) is 77.8 Å². The molecule has 0 radical (unpaired) electrons. The number of aliphatic hydroxyl groups excluding tert-OH is 1. The summed E-state index contributed by atoms with van der Waals surface area (Å²) in [7, 11) is 0. The molecule has 0 saturated carbocycles. The van der Waals surface area contributed by atoms with Gasteiger partial charge in [-0.2, -0.15) is 0 Å². The smallest absolute Gasteiger partial charge is 0.327 e. The Balaban J connectivity index is 1.11. The number of aromatic amines is 1. The zero-order chi connectivity index (χ0) is 80.8. The molecule has 0 aliphatic carbocycles. The summed E-state index contributed by atoms with van der Waals surface area (Å²) in [4.78, 5) is 214. The van der Waals surface area contributed by atoms with Gasteiger partial charge in [0.2, 0.25) is 76.8 Å². The number of amides is 13. The number of H-pyrrole nitrogens is 1. The van der Waals surface area contributed by atoms with Crippen LogP contribution in [0.5, 0.6) is 0 Å². The van der Waals surface area contributed by atoms with Crippen LogP contribution in [0, 0.1) is 5.92 Å². The van der Waals surface area contributed by atoms with E-state index in [2.05, 4.69) is 73.1 Å². The van der Waals surface area contributed by atoms with Crippen molar-refractivity contribution in [2.75, 3.05) is 52.4 Å². The molecule has 0 bridgehead atoms. The van der Waals surface area contributed by atoms with Gasteiger partial charge in [-0.25, -0.2) is 9.78 Å². The van der Waals surface area contributed by atoms with E-state index in [1.54, 1.807) is 58.0 Å². The van der Waals surface area contributed by atoms with Gasteiger partial charge in [0.15, 0.2) is 11.9 Å². The largest absolute Gasteiger partial charge is 0.480 e. The molecule has 13 amide bonds. The highest BCUT2D eigenvalue weighted by atomic mass is 16.4. The molecule has 4 saturated heterocycles. The summed E-state index contributed by atoms with van der Waals surface area (Å²) in [5.41, 5.74) is 28.0. The number of nitrogens with one attached hydrogen (secondary N) is 11. The Morgan fingerprint density at radius 3 is 1.60 bits per heavy atom. The number of nitrogens with two attached hydrogens (primary N) is 5. The van der Waals surface area contributed by atoms with Crippen molar-refractivity contribution in [2.45, 2.75) is 241 Å². The molecule has 4 aliphatic heterocycles. The van der Waals surface area contributed by atoms with E-state index < -0.39 is 168 Å². The van der Waals surface area contributed by atoms with Gasteiger partial charge >= 0.3 is 5.97 Å². The second kappa shape index (κ2) is 43.6. The molecule has 4 fully saturated rings. The van der Waals surface area contributed by atoms with Crippen LogP contribution in [0.1, 0.15) is 168 Å². The number of carboxylic acid groups (broad SMARTS) is 1. The Kier molecular flexibility index (Phi) is 35.0. The monoisotopic (exact) mass is 1540 g/mol. The van der Waals surface area contributed by atoms with Crippen LogP contribution in [0.3, 0.4) is 0 Å². The summed E-state index contributed by atoms with van der Waals surface area (Å²) in [5.74, 6) is -11.3. The highest BCUT2D eigenvalue weighted by molar-refractivity contribution is 6.00. The van der Waals surface area contributed by atoms with Crippen LogP contribution in [0.25, 0.3) is 0 Å². The van der Waals surface area contributed by atoms with Crippen molar-refractivity contribution in [3.8, 4) is 0 Å². The van der Waals surface area contributed by atoms with Crippen LogP contribution in [-0.4, -0.2) is 254 Å². The number of benzene rings is 1. The van der Waals surface area contributed by atoms with E-state index in [-0.39, 0.29) is 146 Å². The number of aliphatic carboxylic acids is 1. The molecule has 0 spiro atoms. The number of likely N-dealkylation sites (tertiary alicyclic amines) is 3. The van der Waals surface area contributed by atoms with E-state index in [9.17, 15) is 77.3 Å². The molecule has 38 heteroatoms. The lowest BCUT2D eigenvalue weighted by Crippen LogP contribution is -2.61. The number of rotatable bonds is 44. The number of carbonyl (C=O) groups excluding carboxylic acids is 13. The molecule has 2 aromatic rings. The first-order valence-corrected chi connectivity index (χ1v) is 38.0. The second-order valence-electron chi connectivity index (χ2n) is 29.2. The average molecular weight is 1540 g/mol. The maximum atomic E-state index is 14.5. The van der Waals surface area contributed by atoms with Crippen molar-refractivity contribution in [2.24, 2.45) is 44.6 Å². The van der Waals surface area contributed by atoms with Crippen molar-refractivity contribution >= 4 is 94.7 Å². The van der Waals surface area contributed by atoms with Crippen LogP contribution in [0.4, 0.5) is 0 Å². The molecule has 1 aromatic heterocycles. The molecule has 0 unspecified atom stereocenters. The normalized spacial score (nSPS) is 19.0. The van der Waals surface area contributed by atoms with Crippen molar-refractivity contribution in [1.29, 1.82) is 0 Å². The third-order valence-corrected chi connectivity index (χ3v) is 20.0. The van der Waals surface area contributed by atoms with Gasteiger partial charge in [0.1, 0.15) is 72.5 Å². The number of hydrogen-bond donors (Lipinski definition) is 18. The molecule has 608 valence electrons. The van der Waals surface area contributed by atoms with Gasteiger partial charge in [-0.3, -0.25) is 72.3 Å². The van der Waals surface area contributed by atoms with E-state index >= 15 is 0 Å². The SMILES string of the molecule is CCCC[C@H](NC(=O)[C@@H]1CCCN1C(=O)CNC(=O)[C@H](CCCCN)NC(=O)[C@H](Cc1cnc[nH]1)NC(=O)[C@H](CO)NC(=O)[C@H](CC(C)C)NC(=O)[C@H](CCCN=C(N)N)NC(=O)[C@@H]1CCCN1C(=O)[C@H](CCCN=C(N)N)NC(=O)[C@@H]1CCC(=O)N1)C(=O)N1CCC[C@H]1C(=O)N[C@H](C(=O)O)C(C)(C)c1ccccc1. The standard InChI is InChI=1S/C72H114N22O16/c1-6-7-20-47(67(107)94-34-17-26-54(94)66(106)91-57(69(109)110)72(4,5)42-18-9-8-10-19-42)87-64(104)52-24-15-32-92(52)56(97)38-81-58(98)44(21-11-12-29-73)84-62(102)50(36-43-37-78-40-82-43)89-63(103)51(39-95)90-61(101)49(35-41(2)3)88-59(99)45(22-13-30-79-70(74)75)85-65(105)53-25-16-33-93(53)68(108)48(23-14-31-80-71(76)77)86-60(100)46-27-28-55(96)83-46/h8-10,18-19,37,40-41,44-54,57,95H,6-7,11-17,20-36,38-39,73H2,1-5H3,(H,78,82)(H,81,98)(H,83,96)(H,84,102)(H,85,105)(H,86,100)(H,87,104)(H,88,99)(H,89,103)(H,90,101)(H,91,106)(H,109,110)(H4,74,75,79)(H4,76,77,80)/t44-,45-,46-,47-,48-,49-,50-,51-,52-,53-,54-,57+/m0/s1. The Morgan fingerprint density at radius 2 is 1.07 bits per heavy atom. The number of carbonyl (C=O) groups is 14. The second-order valence-corrected chi connectivity index (χ2v) is 29.2. The molecule has 4 aliphatic rings. The minimum absolute atomic E-state index is 0.00615. The minimum atomic E-state index is -1.77. The fraction of sp³-hybridized carbons (Fsp3) is 0.653. The fourth-order valence-corrected chi connectivity index (χ4v) is 13.9. The number of unbranched alkanes of at least 4 members (excludes halogenated alkanes) is 2. The lowest BCUT2D eigenvalue weighted by atomic mass is 9.77. The van der Waals surface area contributed by atoms with E-state index in [1.165, 1.54) is 27.2 Å². The fourth-order valence-electron chi connectivity index (χ4n) is 13.9. The zero-order valence-corrected chi connectivity index (χ0v) is 63.5. The number of hydrogen-bond acceptors (Lipinski definition) is 19. The van der Waals surface area contributed by atoms with Gasteiger partial charge in [-0.05, 0) is 121 Å². The Hall–Kier alpha value is -10.5. The van der Waals surface area contributed by atoms with Crippen molar-refractivity contribution in [1.82, 2.24) is 77.8 Å². The maximum Gasteiger partial charge on any atom is 0.327 e. The molecule has 5 heterocycles. The highest BCUT2D eigenvalue weighted by Gasteiger charge is 2.46. The number of aliphatic hydroxyl groups is 1. The molecule has 38 nitrogen and oxygen atoms in total. The highest BCUT2D eigenvalue weighted by Crippen LogP contribution is 2.30. The van der Waals surface area contributed by atoms with Crippen molar-refractivity contribution in [3.63, 3.8) is 0 Å². The molecule has 23 N–H and O–H groups in total. The van der Waals surface area contributed by atoms with Crippen LogP contribution >= 0.6 is 0 Å². The summed E-state index contributed by atoms with van der Waals surface area (Å²) < 4.78 is 0. The number of aromatic nitrogens is 2. The summed E-state index contributed by atoms with van der Waals surface area (Å²) in [5, 5.41) is 47.6. The quantitative estimate of drug-likeness (QED) is 0.0170. The predicted octanol–water partition coefficient (Wildman–Crippen LogP) is -4.27. The van der Waals surface area contributed by atoms with E-state index in [1.807, 2.05) is 6.92 Å². The summed E-state index contributed by atoms with van der Waals surface area (Å²) >= 11 is 0. The number of imidazole rings is 1. The third kappa shape index (κ3) is 26.4. The number of aliphatic imine (C=N–C) groups is 2. The first kappa shape index (κ1) is 88.4.